The molecular weight excluding hydrogens is 579 g/mol. The number of nitrogens with one attached hydrogen (secondary N) is 1. The zero-order valence-electron chi connectivity index (χ0n) is 25.9. The molecule has 3 fully saturated rings. The molecule has 1 aliphatic carbocycles. The van der Waals surface area contributed by atoms with Crippen molar-refractivity contribution in [2.24, 2.45) is 0 Å². The van der Waals surface area contributed by atoms with Gasteiger partial charge in [-0.1, -0.05) is 24.2 Å². The number of piperazine rings is 1. The third kappa shape index (κ3) is 4.61. The Morgan fingerprint density at radius 2 is 1.86 bits per heavy atom. The molecule has 0 bridgehead atoms. The SMILES string of the molecule is C=CC(=O)N1C[C@@H](C)N(c2nc(N3CC(N(C)C)C3)nc3c(F)c(-c4c(C)ccc5n[nH]c(C6CC6)c45)c(Cl)cc23)C[C@@H]1C. The van der Waals surface area contributed by atoms with Gasteiger partial charge in [0.05, 0.1) is 10.5 Å². The molecule has 3 aliphatic rings. The summed E-state index contributed by atoms with van der Waals surface area (Å²) < 4.78 is 17.2. The van der Waals surface area contributed by atoms with Crippen molar-refractivity contribution in [3.05, 3.63) is 53.0 Å². The normalized spacial score (nSPS) is 21.0. The predicted octanol–water partition coefficient (Wildman–Crippen LogP) is 5.51. The van der Waals surface area contributed by atoms with Crippen molar-refractivity contribution in [2.75, 3.05) is 50.1 Å². The minimum atomic E-state index is -0.457. The minimum Gasteiger partial charge on any atom is -0.349 e. The number of anilines is 2. The first-order chi connectivity index (χ1) is 21.1. The molecule has 2 aromatic heterocycles. The van der Waals surface area contributed by atoms with E-state index in [2.05, 4.69) is 52.5 Å². The summed E-state index contributed by atoms with van der Waals surface area (Å²) in [6.07, 6.45) is 3.53. The molecule has 2 aliphatic heterocycles. The van der Waals surface area contributed by atoms with E-state index in [9.17, 15) is 4.79 Å². The Labute approximate surface area is 261 Å². The predicted molar refractivity (Wildman–Crippen MR) is 174 cm³/mol. The average Bonchev–Trinajstić information content (AvgIpc) is 3.72. The zero-order valence-corrected chi connectivity index (χ0v) is 26.6. The van der Waals surface area contributed by atoms with Crippen LogP contribution in [0.1, 0.15) is 43.9 Å². The molecule has 2 atom stereocenters. The quantitative estimate of drug-likeness (QED) is 0.286. The number of carbonyl (C=O) groups excluding carboxylic acids is 1. The summed E-state index contributed by atoms with van der Waals surface area (Å²) in [5.41, 5.74) is 4.13. The minimum absolute atomic E-state index is 0.0727. The number of hydrogen-bond donors (Lipinski definition) is 1. The van der Waals surface area contributed by atoms with Crippen LogP contribution in [0.4, 0.5) is 16.2 Å². The zero-order chi connectivity index (χ0) is 31.0. The first kappa shape index (κ1) is 29.0. The van der Waals surface area contributed by atoms with Crippen LogP contribution in [0.3, 0.4) is 0 Å². The number of likely N-dealkylation sites (N-methyl/N-ethyl adjacent to an activating group) is 1. The van der Waals surface area contributed by atoms with Crippen LogP contribution in [-0.2, 0) is 4.79 Å². The summed E-state index contributed by atoms with van der Waals surface area (Å²) in [4.78, 5) is 30.8. The molecule has 7 rings (SSSR count). The number of aromatic nitrogens is 4. The van der Waals surface area contributed by atoms with Crippen LogP contribution in [0.25, 0.3) is 32.9 Å². The van der Waals surface area contributed by atoms with Crippen LogP contribution in [0, 0.1) is 12.7 Å². The van der Waals surface area contributed by atoms with Gasteiger partial charge in [-0.25, -0.2) is 9.37 Å². The Morgan fingerprint density at radius 3 is 2.55 bits per heavy atom. The van der Waals surface area contributed by atoms with Crippen LogP contribution in [0.5, 0.6) is 0 Å². The number of H-pyrrole nitrogens is 1. The smallest absolute Gasteiger partial charge is 0.246 e. The maximum atomic E-state index is 17.2. The van der Waals surface area contributed by atoms with Crippen molar-refractivity contribution in [1.29, 1.82) is 0 Å². The fourth-order valence-corrected chi connectivity index (χ4v) is 7.06. The molecule has 44 heavy (non-hydrogen) atoms. The number of nitrogens with zero attached hydrogens (tertiary/aromatic N) is 7. The lowest BCUT2D eigenvalue weighted by Gasteiger charge is -2.45. The summed E-state index contributed by atoms with van der Waals surface area (Å²) in [6.45, 7) is 12.3. The molecule has 1 N–H and O–H groups in total. The van der Waals surface area contributed by atoms with E-state index in [1.807, 2.05) is 36.9 Å². The van der Waals surface area contributed by atoms with Crippen molar-refractivity contribution < 1.29 is 9.18 Å². The van der Waals surface area contributed by atoms with Crippen LogP contribution in [0.15, 0.2) is 30.9 Å². The van der Waals surface area contributed by atoms with Gasteiger partial charge in [-0.3, -0.25) is 9.89 Å². The fraction of sp³-hybridized carbons (Fsp3) is 0.455. The van der Waals surface area contributed by atoms with Gasteiger partial charge in [0, 0.05) is 77.8 Å². The van der Waals surface area contributed by atoms with Crippen molar-refractivity contribution >= 4 is 51.1 Å². The first-order valence-electron chi connectivity index (χ1n) is 15.4. The lowest BCUT2D eigenvalue weighted by molar-refractivity contribution is -0.128. The Hall–Kier alpha value is -3.76. The van der Waals surface area contributed by atoms with E-state index in [-0.39, 0.29) is 23.5 Å². The highest BCUT2D eigenvalue weighted by Crippen LogP contribution is 2.48. The second-order valence-electron chi connectivity index (χ2n) is 12.9. The summed E-state index contributed by atoms with van der Waals surface area (Å²) >= 11 is 7.06. The van der Waals surface area contributed by atoms with Gasteiger partial charge in [0.25, 0.3) is 0 Å². The van der Waals surface area contributed by atoms with E-state index in [0.717, 1.165) is 53.7 Å². The van der Waals surface area contributed by atoms with Gasteiger partial charge in [-0.2, -0.15) is 10.1 Å². The number of benzene rings is 2. The standard InChI is InChI=1S/C33H38ClFN8O/c1-7-25(44)42-13-19(4)43(14-18(42)3)32-22-12-23(34)27(26-17(2)8-11-24-28(26)30(39-38-24)20-9-10-20)29(35)31(22)36-33(37-32)41-15-21(16-41)40(5)6/h7-8,11-12,18-21H,1,9-10,13-16H2,2-6H3,(H,38,39)/t18-,19+/m0/s1. The molecule has 2 saturated heterocycles. The number of hydrogen-bond acceptors (Lipinski definition) is 7. The van der Waals surface area contributed by atoms with Crippen molar-refractivity contribution in [2.45, 2.75) is 57.7 Å². The molecule has 11 heteroatoms. The number of carbonyl (C=O) groups is 1. The number of amides is 1. The molecule has 0 spiro atoms. The van der Waals surface area contributed by atoms with Gasteiger partial charge in [0.2, 0.25) is 11.9 Å². The van der Waals surface area contributed by atoms with E-state index >= 15 is 4.39 Å². The molecule has 0 unspecified atom stereocenters. The topological polar surface area (TPSA) is 84.5 Å². The summed E-state index contributed by atoms with van der Waals surface area (Å²) in [5.74, 6) is 0.976. The fourth-order valence-electron chi connectivity index (χ4n) is 6.78. The molecule has 1 amide bonds. The molecule has 4 heterocycles. The average molecular weight is 617 g/mol. The van der Waals surface area contributed by atoms with E-state index in [0.29, 0.717) is 52.8 Å². The number of aryl methyl sites for hydroxylation is 1. The molecule has 4 aromatic rings. The van der Waals surface area contributed by atoms with Gasteiger partial charge >= 0.3 is 0 Å². The lowest BCUT2D eigenvalue weighted by Crippen LogP contribution is -2.59. The van der Waals surface area contributed by atoms with E-state index < -0.39 is 5.82 Å². The number of rotatable bonds is 6. The molecular formula is C33H38ClFN8O. The highest BCUT2D eigenvalue weighted by Gasteiger charge is 2.37. The van der Waals surface area contributed by atoms with E-state index in [1.54, 1.807) is 0 Å². The first-order valence-corrected chi connectivity index (χ1v) is 15.7. The van der Waals surface area contributed by atoms with Gasteiger partial charge in [-0.15, -0.1) is 0 Å². The Morgan fingerprint density at radius 1 is 1.11 bits per heavy atom. The molecule has 1 saturated carbocycles. The van der Waals surface area contributed by atoms with Crippen LogP contribution in [-0.4, -0.2) is 94.3 Å². The second-order valence-corrected chi connectivity index (χ2v) is 13.3. The molecule has 230 valence electrons. The van der Waals surface area contributed by atoms with Gasteiger partial charge in [-0.05, 0) is 71.5 Å². The van der Waals surface area contributed by atoms with Gasteiger partial charge in [0.1, 0.15) is 11.3 Å². The van der Waals surface area contributed by atoms with Crippen LogP contribution < -0.4 is 9.80 Å². The molecule has 0 radical (unpaired) electrons. The van der Waals surface area contributed by atoms with Crippen molar-refractivity contribution in [1.82, 2.24) is 30.0 Å². The van der Waals surface area contributed by atoms with Gasteiger partial charge < -0.3 is 19.6 Å². The maximum Gasteiger partial charge on any atom is 0.246 e. The number of fused-ring (bicyclic) bond motifs is 2. The van der Waals surface area contributed by atoms with Crippen molar-refractivity contribution in [3.8, 4) is 11.1 Å². The third-order valence-electron chi connectivity index (χ3n) is 9.64. The maximum absolute atomic E-state index is 17.2. The third-order valence-corrected chi connectivity index (χ3v) is 9.93. The highest BCUT2D eigenvalue weighted by atomic mass is 35.5. The molecule has 2 aromatic carbocycles. The Bertz CT molecular complexity index is 1810. The number of aromatic amines is 1. The van der Waals surface area contributed by atoms with Crippen LogP contribution in [0.2, 0.25) is 5.02 Å². The lowest BCUT2D eigenvalue weighted by atomic mass is 9.93. The number of halogens is 2. The summed E-state index contributed by atoms with van der Waals surface area (Å²) in [6, 6.07) is 5.98. The molecule has 9 nitrogen and oxygen atoms in total. The van der Waals surface area contributed by atoms with Crippen LogP contribution >= 0.6 is 11.6 Å². The van der Waals surface area contributed by atoms with Crippen molar-refractivity contribution in [3.63, 3.8) is 0 Å². The van der Waals surface area contributed by atoms with E-state index in [1.165, 1.54) is 6.08 Å². The highest BCUT2D eigenvalue weighted by molar-refractivity contribution is 6.35. The Kier molecular flexibility index (Phi) is 7.05. The van der Waals surface area contributed by atoms with E-state index in [4.69, 9.17) is 21.6 Å². The largest absolute Gasteiger partial charge is 0.349 e. The summed E-state index contributed by atoms with van der Waals surface area (Å²) in [7, 11) is 4.12. The Balaban J connectivity index is 1.42. The monoisotopic (exact) mass is 616 g/mol. The second kappa shape index (κ2) is 10.7. The summed E-state index contributed by atoms with van der Waals surface area (Å²) in [5, 5.41) is 9.58. The van der Waals surface area contributed by atoms with Gasteiger partial charge in [0.15, 0.2) is 5.82 Å².